The summed E-state index contributed by atoms with van der Waals surface area (Å²) < 4.78 is 1.16. The predicted molar refractivity (Wildman–Crippen MR) is 60.6 cm³/mol. The minimum Gasteiger partial charge on any atom is -0.465 e. The molecule has 0 saturated carbocycles. The highest BCUT2D eigenvalue weighted by Crippen LogP contribution is 2.04. The quantitative estimate of drug-likeness (QED) is 0.720. The number of pyridine rings is 1. The molecule has 0 aliphatic heterocycles. The highest BCUT2D eigenvalue weighted by atomic mass is 16.4. The molecule has 0 fully saturated rings. The average Bonchev–Trinajstić information content (AvgIpc) is 2.58. The molecule has 3 N–H and O–H groups in total. The van der Waals surface area contributed by atoms with Gasteiger partial charge in [0, 0.05) is 11.8 Å². The SMILES string of the molecule is Cc1cccc(-n2[nH]c(NC(=O)O)cc2=O)n1. The number of hydrogen-bond acceptors (Lipinski definition) is 3. The maximum Gasteiger partial charge on any atom is 0.410 e. The topological polar surface area (TPSA) is 100 Å². The molecule has 0 bridgehead atoms. The summed E-state index contributed by atoms with van der Waals surface area (Å²) in [5.41, 5.74) is 0.378. The van der Waals surface area contributed by atoms with Crippen molar-refractivity contribution in [2.75, 3.05) is 5.32 Å². The van der Waals surface area contributed by atoms with Crippen molar-refractivity contribution >= 4 is 11.9 Å². The summed E-state index contributed by atoms with van der Waals surface area (Å²) in [4.78, 5) is 26.2. The Morgan fingerprint density at radius 3 is 2.94 bits per heavy atom. The lowest BCUT2D eigenvalue weighted by Crippen LogP contribution is -2.15. The number of H-pyrrole nitrogens is 1. The second-order valence-corrected chi connectivity index (χ2v) is 3.41. The molecule has 7 heteroatoms. The van der Waals surface area contributed by atoms with Gasteiger partial charge in [0.25, 0.3) is 5.56 Å². The summed E-state index contributed by atoms with van der Waals surface area (Å²) in [6.45, 7) is 1.80. The molecule has 2 heterocycles. The highest BCUT2D eigenvalue weighted by Gasteiger charge is 2.07. The first-order valence-corrected chi connectivity index (χ1v) is 4.82. The largest absolute Gasteiger partial charge is 0.465 e. The van der Waals surface area contributed by atoms with Crippen molar-refractivity contribution in [1.82, 2.24) is 14.8 Å². The van der Waals surface area contributed by atoms with Gasteiger partial charge in [0.1, 0.15) is 5.82 Å². The molecule has 0 aliphatic rings. The van der Waals surface area contributed by atoms with E-state index in [4.69, 9.17) is 5.11 Å². The molecule has 7 nitrogen and oxygen atoms in total. The van der Waals surface area contributed by atoms with Gasteiger partial charge in [-0.25, -0.2) is 9.78 Å². The van der Waals surface area contributed by atoms with Crippen LogP contribution in [0.1, 0.15) is 5.69 Å². The molecule has 17 heavy (non-hydrogen) atoms. The average molecular weight is 234 g/mol. The molecule has 2 aromatic rings. The molecule has 0 saturated heterocycles. The van der Waals surface area contributed by atoms with Gasteiger partial charge in [-0.2, -0.15) is 4.68 Å². The molecule has 2 aromatic heterocycles. The molecule has 0 aromatic carbocycles. The molecular weight excluding hydrogens is 224 g/mol. The van der Waals surface area contributed by atoms with E-state index in [1.54, 1.807) is 25.1 Å². The molecule has 0 unspecified atom stereocenters. The number of aromatic amines is 1. The number of hydrogen-bond donors (Lipinski definition) is 3. The number of anilines is 1. The summed E-state index contributed by atoms with van der Waals surface area (Å²) >= 11 is 0. The number of amides is 1. The van der Waals surface area contributed by atoms with Crippen LogP contribution in [0.5, 0.6) is 0 Å². The molecule has 0 aliphatic carbocycles. The van der Waals surface area contributed by atoms with E-state index in [9.17, 15) is 9.59 Å². The van der Waals surface area contributed by atoms with Crippen LogP contribution in [0.15, 0.2) is 29.1 Å². The molecule has 0 spiro atoms. The Hall–Kier alpha value is -2.57. The number of aromatic nitrogens is 3. The summed E-state index contributed by atoms with van der Waals surface area (Å²) in [5.74, 6) is 0.513. The van der Waals surface area contributed by atoms with E-state index >= 15 is 0 Å². The van der Waals surface area contributed by atoms with Crippen molar-refractivity contribution in [3.05, 3.63) is 40.3 Å². The lowest BCUT2D eigenvalue weighted by Gasteiger charge is -2.01. The summed E-state index contributed by atoms with van der Waals surface area (Å²) in [6, 6.07) is 6.36. The number of rotatable bonds is 2. The maximum atomic E-state index is 11.6. The van der Waals surface area contributed by atoms with Crippen LogP contribution in [-0.2, 0) is 0 Å². The van der Waals surface area contributed by atoms with Gasteiger partial charge in [0.15, 0.2) is 5.82 Å². The summed E-state index contributed by atoms with van der Waals surface area (Å²) in [6.07, 6.45) is -1.24. The number of nitrogens with zero attached hydrogens (tertiary/aromatic N) is 2. The van der Waals surface area contributed by atoms with E-state index in [2.05, 4.69) is 15.4 Å². The van der Waals surface area contributed by atoms with Gasteiger partial charge in [-0.15, -0.1) is 0 Å². The van der Waals surface area contributed by atoms with Crippen LogP contribution in [0.25, 0.3) is 5.82 Å². The Morgan fingerprint density at radius 1 is 1.53 bits per heavy atom. The Labute approximate surface area is 95.7 Å². The van der Waals surface area contributed by atoms with Gasteiger partial charge < -0.3 is 5.11 Å². The van der Waals surface area contributed by atoms with Gasteiger partial charge in [-0.1, -0.05) is 6.07 Å². The minimum absolute atomic E-state index is 0.103. The standard InChI is InChI=1S/C10H10N4O3/c1-6-3-2-4-8(11-6)14-9(15)5-7(13-14)12-10(16)17/h2-5,12-13H,1H3,(H,16,17). The number of nitrogens with one attached hydrogen (secondary N) is 2. The Kier molecular flexibility index (Phi) is 2.65. The summed E-state index contributed by atoms with van der Waals surface area (Å²) in [5, 5.41) is 13.2. The number of carboxylic acid groups (broad SMARTS) is 1. The third kappa shape index (κ3) is 2.33. The number of aryl methyl sites for hydroxylation is 1. The van der Waals surface area contributed by atoms with E-state index < -0.39 is 6.09 Å². The lowest BCUT2D eigenvalue weighted by atomic mass is 10.4. The van der Waals surface area contributed by atoms with Crippen molar-refractivity contribution in [1.29, 1.82) is 0 Å². The van der Waals surface area contributed by atoms with Crippen LogP contribution in [0, 0.1) is 6.92 Å². The normalized spacial score (nSPS) is 10.2. The van der Waals surface area contributed by atoms with Crippen molar-refractivity contribution in [2.45, 2.75) is 6.92 Å². The van der Waals surface area contributed by atoms with Gasteiger partial charge in [-0.05, 0) is 19.1 Å². The molecule has 0 atom stereocenters. The first kappa shape index (κ1) is 10.9. The van der Waals surface area contributed by atoms with Crippen LogP contribution in [0.3, 0.4) is 0 Å². The molecular formula is C10H10N4O3. The second-order valence-electron chi connectivity index (χ2n) is 3.41. The zero-order valence-electron chi connectivity index (χ0n) is 8.97. The third-order valence-corrected chi connectivity index (χ3v) is 2.06. The fourth-order valence-electron chi connectivity index (χ4n) is 1.40. The predicted octanol–water partition coefficient (Wildman–Crippen LogP) is 0.959. The fourth-order valence-corrected chi connectivity index (χ4v) is 1.40. The van der Waals surface area contributed by atoms with Gasteiger partial charge in [0.2, 0.25) is 0 Å². The smallest absolute Gasteiger partial charge is 0.410 e. The fraction of sp³-hybridized carbons (Fsp3) is 0.100. The van der Waals surface area contributed by atoms with E-state index in [1.807, 2.05) is 0 Å². The van der Waals surface area contributed by atoms with Crippen molar-refractivity contribution < 1.29 is 9.90 Å². The van der Waals surface area contributed by atoms with Gasteiger partial charge in [0.05, 0.1) is 0 Å². The first-order valence-electron chi connectivity index (χ1n) is 4.82. The lowest BCUT2D eigenvalue weighted by molar-refractivity contribution is 0.209. The van der Waals surface area contributed by atoms with Crippen molar-refractivity contribution in [2.24, 2.45) is 0 Å². The Morgan fingerprint density at radius 2 is 2.29 bits per heavy atom. The van der Waals surface area contributed by atoms with E-state index in [0.29, 0.717) is 5.82 Å². The van der Waals surface area contributed by atoms with Crippen LogP contribution in [-0.4, -0.2) is 26.0 Å². The van der Waals surface area contributed by atoms with Crippen LogP contribution < -0.4 is 10.9 Å². The van der Waals surface area contributed by atoms with E-state index in [1.165, 1.54) is 0 Å². The molecule has 0 radical (unpaired) electrons. The second kappa shape index (κ2) is 4.12. The number of carbonyl (C=O) groups is 1. The highest BCUT2D eigenvalue weighted by molar-refractivity contribution is 5.81. The van der Waals surface area contributed by atoms with E-state index in [-0.39, 0.29) is 11.4 Å². The molecule has 2 rings (SSSR count). The van der Waals surface area contributed by atoms with E-state index in [0.717, 1.165) is 16.4 Å². The Balaban J connectivity index is 2.43. The summed E-state index contributed by atoms with van der Waals surface area (Å²) in [7, 11) is 0. The zero-order chi connectivity index (χ0) is 12.4. The van der Waals surface area contributed by atoms with Crippen LogP contribution >= 0.6 is 0 Å². The monoisotopic (exact) mass is 234 g/mol. The molecule has 1 amide bonds. The Bertz CT molecular complexity index is 614. The van der Waals surface area contributed by atoms with Crippen molar-refractivity contribution in [3.63, 3.8) is 0 Å². The maximum absolute atomic E-state index is 11.6. The van der Waals surface area contributed by atoms with Crippen LogP contribution in [0.4, 0.5) is 10.6 Å². The van der Waals surface area contributed by atoms with Gasteiger partial charge in [-0.3, -0.25) is 15.2 Å². The molecule has 88 valence electrons. The minimum atomic E-state index is -1.24. The van der Waals surface area contributed by atoms with Crippen LogP contribution in [0.2, 0.25) is 0 Å². The first-order chi connectivity index (χ1) is 8.06. The zero-order valence-corrected chi connectivity index (χ0v) is 8.97. The van der Waals surface area contributed by atoms with Gasteiger partial charge >= 0.3 is 6.09 Å². The third-order valence-electron chi connectivity index (χ3n) is 2.06. The van der Waals surface area contributed by atoms with Crippen molar-refractivity contribution in [3.8, 4) is 5.82 Å².